The van der Waals surface area contributed by atoms with Crippen LogP contribution in [0, 0.1) is 0 Å². The lowest BCUT2D eigenvalue weighted by Gasteiger charge is -2.11. The summed E-state index contributed by atoms with van der Waals surface area (Å²) >= 11 is 0. The molecule has 0 aromatic heterocycles. The van der Waals surface area contributed by atoms with E-state index in [1.54, 1.807) is 26.4 Å². The summed E-state index contributed by atoms with van der Waals surface area (Å²) in [6.45, 7) is 0.303. The van der Waals surface area contributed by atoms with E-state index in [0.29, 0.717) is 18.0 Å². The van der Waals surface area contributed by atoms with Crippen LogP contribution in [0.4, 0.5) is 4.79 Å². The molecule has 1 aliphatic carbocycles. The molecule has 120 valence electrons. The second-order valence-electron chi connectivity index (χ2n) is 5.07. The molecule has 1 saturated carbocycles. The van der Waals surface area contributed by atoms with Crippen molar-refractivity contribution in [2.75, 3.05) is 20.8 Å². The van der Waals surface area contributed by atoms with Crippen LogP contribution >= 0.6 is 0 Å². The Morgan fingerprint density at radius 3 is 2.50 bits per heavy atom. The predicted molar refractivity (Wildman–Crippen MR) is 80.9 cm³/mol. The fourth-order valence-corrected chi connectivity index (χ4v) is 1.88. The maximum Gasteiger partial charge on any atom is 0.315 e. The van der Waals surface area contributed by atoms with Crippen LogP contribution < -0.4 is 25.4 Å². The zero-order chi connectivity index (χ0) is 15.9. The topological polar surface area (TPSA) is 88.7 Å². The number of carbonyl (C=O) groups excluding carboxylic acids is 2. The highest BCUT2D eigenvalue weighted by molar-refractivity contribution is 5.84. The molecule has 1 aromatic rings. The van der Waals surface area contributed by atoms with Crippen molar-refractivity contribution in [2.45, 2.75) is 25.4 Å². The number of urea groups is 1. The van der Waals surface area contributed by atoms with E-state index in [2.05, 4.69) is 16.0 Å². The number of carbonyl (C=O) groups is 2. The van der Waals surface area contributed by atoms with E-state index in [4.69, 9.17) is 9.47 Å². The van der Waals surface area contributed by atoms with Gasteiger partial charge in [0, 0.05) is 12.6 Å². The van der Waals surface area contributed by atoms with Crippen LogP contribution in [0.15, 0.2) is 18.2 Å². The van der Waals surface area contributed by atoms with Crippen molar-refractivity contribution in [3.05, 3.63) is 23.8 Å². The lowest BCUT2D eigenvalue weighted by Crippen LogP contribution is -2.42. The first kappa shape index (κ1) is 15.9. The highest BCUT2D eigenvalue weighted by Gasteiger charge is 2.23. The third kappa shape index (κ3) is 4.83. The van der Waals surface area contributed by atoms with Crippen LogP contribution in [0.25, 0.3) is 0 Å². The van der Waals surface area contributed by atoms with E-state index in [0.717, 1.165) is 18.4 Å². The Morgan fingerprint density at radius 2 is 1.86 bits per heavy atom. The molecule has 0 saturated heterocycles. The van der Waals surface area contributed by atoms with E-state index in [-0.39, 0.29) is 24.5 Å². The van der Waals surface area contributed by atoms with Gasteiger partial charge in [0.05, 0.1) is 20.8 Å². The van der Waals surface area contributed by atoms with Gasteiger partial charge in [-0.3, -0.25) is 4.79 Å². The van der Waals surface area contributed by atoms with Gasteiger partial charge in [0.2, 0.25) is 5.91 Å². The van der Waals surface area contributed by atoms with Gasteiger partial charge in [0.1, 0.15) is 0 Å². The van der Waals surface area contributed by atoms with Crippen molar-refractivity contribution in [2.24, 2.45) is 0 Å². The van der Waals surface area contributed by atoms with E-state index < -0.39 is 0 Å². The minimum atomic E-state index is -0.302. The highest BCUT2D eigenvalue weighted by Crippen LogP contribution is 2.27. The minimum Gasteiger partial charge on any atom is -0.493 e. The summed E-state index contributed by atoms with van der Waals surface area (Å²) in [6, 6.07) is 5.39. The van der Waals surface area contributed by atoms with Crippen LogP contribution in [0.3, 0.4) is 0 Å². The maximum absolute atomic E-state index is 11.7. The molecule has 0 radical (unpaired) electrons. The van der Waals surface area contributed by atoms with Gasteiger partial charge in [-0.25, -0.2) is 4.79 Å². The van der Waals surface area contributed by atoms with Crippen molar-refractivity contribution in [3.8, 4) is 11.5 Å². The number of hydrogen-bond donors (Lipinski definition) is 3. The van der Waals surface area contributed by atoms with Crippen molar-refractivity contribution >= 4 is 11.9 Å². The fraction of sp³-hybridized carbons (Fsp3) is 0.467. The molecule has 0 spiro atoms. The second-order valence-corrected chi connectivity index (χ2v) is 5.07. The van der Waals surface area contributed by atoms with Gasteiger partial charge in [-0.15, -0.1) is 0 Å². The van der Waals surface area contributed by atoms with E-state index in [1.165, 1.54) is 0 Å². The number of nitrogens with one attached hydrogen (secondary N) is 3. The number of rotatable bonds is 7. The summed E-state index contributed by atoms with van der Waals surface area (Å²) in [6.07, 6.45) is 2.03. The Bertz CT molecular complexity index is 544. The summed E-state index contributed by atoms with van der Waals surface area (Å²) in [4.78, 5) is 23.1. The molecular weight excluding hydrogens is 286 g/mol. The molecule has 0 heterocycles. The first-order chi connectivity index (χ1) is 10.6. The zero-order valence-electron chi connectivity index (χ0n) is 12.8. The Labute approximate surface area is 129 Å². The van der Waals surface area contributed by atoms with Crippen molar-refractivity contribution in [1.29, 1.82) is 0 Å². The molecule has 2 rings (SSSR count). The summed E-state index contributed by atoms with van der Waals surface area (Å²) in [5, 5.41) is 8.01. The summed E-state index contributed by atoms with van der Waals surface area (Å²) in [5.74, 6) is 0.993. The predicted octanol–water partition coefficient (Wildman–Crippen LogP) is 0.782. The monoisotopic (exact) mass is 307 g/mol. The van der Waals surface area contributed by atoms with Gasteiger partial charge in [0.15, 0.2) is 11.5 Å². The molecule has 0 unspecified atom stereocenters. The third-order valence-corrected chi connectivity index (χ3v) is 3.26. The van der Waals surface area contributed by atoms with Crippen LogP contribution in [-0.2, 0) is 11.3 Å². The van der Waals surface area contributed by atoms with E-state index in [9.17, 15) is 9.59 Å². The molecule has 0 bridgehead atoms. The van der Waals surface area contributed by atoms with Crippen LogP contribution in [-0.4, -0.2) is 38.7 Å². The van der Waals surface area contributed by atoms with Gasteiger partial charge in [-0.1, -0.05) is 6.07 Å². The lowest BCUT2D eigenvalue weighted by atomic mass is 10.2. The standard InChI is InChI=1S/C15H21N3O4/c1-21-12-6-3-10(7-13(12)22-2)8-16-14(19)9-17-15(20)18-11-4-5-11/h3,6-7,11H,4-5,8-9H2,1-2H3,(H,16,19)(H2,17,18,20). The van der Waals surface area contributed by atoms with Gasteiger partial charge in [-0.05, 0) is 30.5 Å². The number of amides is 3. The quantitative estimate of drug-likeness (QED) is 0.694. The van der Waals surface area contributed by atoms with Gasteiger partial charge < -0.3 is 25.4 Å². The average Bonchev–Trinajstić information content (AvgIpc) is 3.34. The normalized spacial score (nSPS) is 13.2. The summed E-state index contributed by atoms with van der Waals surface area (Å²) < 4.78 is 10.4. The Hall–Kier alpha value is -2.44. The van der Waals surface area contributed by atoms with Crippen molar-refractivity contribution in [1.82, 2.24) is 16.0 Å². The fourth-order valence-electron chi connectivity index (χ4n) is 1.88. The first-order valence-corrected chi connectivity index (χ1v) is 7.14. The number of benzene rings is 1. The number of hydrogen-bond acceptors (Lipinski definition) is 4. The molecule has 1 fully saturated rings. The lowest BCUT2D eigenvalue weighted by molar-refractivity contribution is -0.120. The molecule has 0 aliphatic heterocycles. The van der Waals surface area contributed by atoms with Crippen molar-refractivity contribution in [3.63, 3.8) is 0 Å². The molecule has 3 N–H and O–H groups in total. The number of ether oxygens (including phenoxy) is 2. The Morgan fingerprint density at radius 1 is 1.14 bits per heavy atom. The highest BCUT2D eigenvalue weighted by atomic mass is 16.5. The molecule has 7 heteroatoms. The van der Waals surface area contributed by atoms with Crippen LogP contribution in [0.5, 0.6) is 11.5 Å². The molecule has 1 aliphatic rings. The largest absolute Gasteiger partial charge is 0.493 e. The molecule has 3 amide bonds. The summed E-state index contributed by atoms with van der Waals surface area (Å²) in [5.41, 5.74) is 0.883. The SMILES string of the molecule is COc1ccc(CNC(=O)CNC(=O)NC2CC2)cc1OC. The molecule has 0 atom stereocenters. The van der Waals surface area contributed by atoms with Crippen LogP contribution in [0.2, 0.25) is 0 Å². The van der Waals surface area contributed by atoms with E-state index in [1.807, 2.05) is 6.07 Å². The minimum absolute atomic E-state index is 0.0498. The summed E-state index contributed by atoms with van der Waals surface area (Å²) in [7, 11) is 3.13. The number of methoxy groups -OCH3 is 2. The van der Waals surface area contributed by atoms with E-state index >= 15 is 0 Å². The Kier molecular flexibility index (Phi) is 5.46. The average molecular weight is 307 g/mol. The third-order valence-electron chi connectivity index (χ3n) is 3.26. The smallest absolute Gasteiger partial charge is 0.315 e. The molecule has 7 nitrogen and oxygen atoms in total. The first-order valence-electron chi connectivity index (χ1n) is 7.14. The van der Waals surface area contributed by atoms with Crippen LogP contribution in [0.1, 0.15) is 18.4 Å². The second kappa shape index (κ2) is 7.53. The molecule has 22 heavy (non-hydrogen) atoms. The molecular formula is C15H21N3O4. The maximum atomic E-state index is 11.7. The van der Waals surface area contributed by atoms with Gasteiger partial charge >= 0.3 is 6.03 Å². The van der Waals surface area contributed by atoms with Crippen molar-refractivity contribution < 1.29 is 19.1 Å². The van der Waals surface area contributed by atoms with Gasteiger partial charge in [-0.2, -0.15) is 0 Å². The van der Waals surface area contributed by atoms with Gasteiger partial charge in [0.25, 0.3) is 0 Å². The Balaban J connectivity index is 1.74. The zero-order valence-corrected chi connectivity index (χ0v) is 12.8. The molecule has 1 aromatic carbocycles.